The van der Waals surface area contributed by atoms with E-state index in [0.717, 1.165) is 43.6 Å². The molecule has 0 atom stereocenters. The quantitative estimate of drug-likeness (QED) is 0.411. The third-order valence-electron chi connectivity index (χ3n) is 3.44. The Hall–Kier alpha value is -1.95. The van der Waals surface area contributed by atoms with Crippen LogP contribution in [-0.4, -0.2) is 45.6 Å². The maximum atomic E-state index is 5.55. The Morgan fingerprint density at radius 2 is 2.08 bits per heavy atom. The summed E-state index contributed by atoms with van der Waals surface area (Å²) in [4.78, 5) is 4.52. The number of nitrogens with zero attached hydrogens (tertiary/aromatic N) is 1. The molecule has 1 aliphatic rings. The fraction of sp³-hybridized carbons (Fsp3) is 0.611. The van der Waals surface area contributed by atoms with E-state index in [4.69, 9.17) is 14.2 Å². The second kappa shape index (κ2) is 10.0. The van der Waals surface area contributed by atoms with Crippen molar-refractivity contribution in [1.82, 2.24) is 10.6 Å². The first-order valence-electron chi connectivity index (χ1n) is 8.67. The maximum absolute atomic E-state index is 5.55. The average molecular weight is 335 g/mol. The molecule has 0 saturated heterocycles. The molecule has 24 heavy (non-hydrogen) atoms. The van der Waals surface area contributed by atoms with Crippen molar-refractivity contribution in [2.75, 3.05) is 39.6 Å². The van der Waals surface area contributed by atoms with Gasteiger partial charge in [-0.1, -0.05) is 19.9 Å². The molecule has 6 heteroatoms. The summed E-state index contributed by atoms with van der Waals surface area (Å²) in [6.07, 6.45) is 0.894. The molecule has 1 aromatic carbocycles. The fourth-order valence-corrected chi connectivity index (χ4v) is 2.30. The van der Waals surface area contributed by atoms with Crippen molar-refractivity contribution < 1.29 is 14.2 Å². The summed E-state index contributed by atoms with van der Waals surface area (Å²) in [6, 6.07) is 6.07. The zero-order valence-corrected chi connectivity index (χ0v) is 14.9. The summed E-state index contributed by atoms with van der Waals surface area (Å²) in [5.74, 6) is 3.03. The van der Waals surface area contributed by atoms with Crippen molar-refractivity contribution in [3.8, 4) is 11.5 Å². The van der Waals surface area contributed by atoms with Crippen molar-refractivity contribution in [1.29, 1.82) is 0 Å². The highest BCUT2D eigenvalue weighted by atomic mass is 16.7. The van der Waals surface area contributed by atoms with E-state index in [1.807, 2.05) is 12.1 Å². The number of hydrogen-bond donors (Lipinski definition) is 2. The van der Waals surface area contributed by atoms with Gasteiger partial charge in [0.2, 0.25) is 6.79 Å². The van der Waals surface area contributed by atoms with E-state index in [9.17, 15) is 0 Å². The van der Waals surface area contributed by atoms with Crippen LogP contribution < -0.4 is 20.1 Å². The van der Waals surface area contributed by atoms with Gasteiger partial charge in [0.05, 0.1) is 13.2 Å². The fourth-order valence-electron chi connectivity index (χ4n) is 2.30. The molecule has 0 amide bonds. The molecule has 1 heterocycles. The van der Waals surface area contributed by atoms with Gasteiger partial charge >= 0.3 is 0 Å². The largest absolute Gasteiger partial charge is 0.454 e. The molecule has 0 aliphatic carbocycles. The highest BCUT2D eigenvalue weighted by Gasteiger charge is 2.12. The SMILES string of the molecule is CCNC(=NCCOCC(C)C)NCCc1ccc2c(c1)OCO2. The summed E-state index contributed by atoms with van der Waals surface area (Å²) in [7, 11) is 0. The highest BCUT2D eigenvalue weighted by molar-refractivity contribution is 5.79. The summed E-state index contributed by atoms with van der Waals surface area (Å²) in [6.45, 7) is 10.4. The van der Waals surface area contributed by atoms with Crippen LogP contribution in [0.3, 0.4) is 0 Å². The summed E-state index contributed by atoms with van der Waals surface area (Å²) in [5.41, 5.74) is 1.21. The maximum Gasteiger partial charge on any atom is 0.231 e. The van der Waals surface area contributed by atoms with Gasteiger partial charge in [-0.05, 0) is 37.0 Å². The molecule has 0 aromatic heterocycles. The molecule has 0 saturated carbocycles. The molecular formula is C18H29N3O3. The summed E-state index contributed by atoms with van der Waals surface area (Å²) in [5, 5.41) is 6.60. The lowest BCUT2D eigenvalue weighted by atomic mass is 10.1. The minimum absolute atomic E-state index is 0.313. The van der Waals surface area contributed by atoms with Crippen LogP contribution in [0.4, 0.5) is 0 Å². The number of ether oxygens (including phenoxy) is 3. The average Bonchev–Trinajstić information content (AvgIpc) is 3.02. The van der Waals surface area contributed by atoms with Crippen LogP contribution in [0.25, 0.3) is 0 Å². The van der Waals surface area contributed by atoms with Crippen LogP contribution in [0.15, 0.2) is 23.2 Å². The number of benzene rings is 1. The smallest absolute Gasteiger partial charge is 0.231 e. The molecule has 2 N–H and O–H groups in total. The van der Waals surface area contributed by atoms with Gasteiger partial charge in [-0.3, -0.25) is 4.99 Å². The second-order valence-electron chi connectivity index (χ2n) is 6.09. The number of nitrogens with one attached hydrogen (secondary N) is 2. The third-order valence-corrected chi connectivity index (χ3v) is 3.44. The monoisotopic (exact) mass is 335 g/mol. The molecule has 2 rings (SSSR count). The van der Waals surface area contributed by atoms with Crippen molar-refractivity contribution in [2.24, 2.45) is 10.9 Å². The Bertz CT molecular complexity index is 532. The summed E-state index contributed by atoms with van der Waals surface area (Å²) < 4.78 is 16.3. The first-order valence-corrected chi connectivity index (χ1v) is 8.67. The Morgan fingerprint density at radius 3 is 2.88 bits per heavy atom. The number of rotatable bonds is 9. The van der Waals surface area contributed by atoms with E-state index >= 15 is 0 Å². The first-order chi connectivity index (χ1) is 11.7. The van der Waals surface area contributed by atoms with Crippen molar-refractivity contribution in [3.05, 3.63) is 23.8 Å². The predicted octanol–water partition coefficient (Wildman–Crippen LogP) is 2.19. The van der Waals surface area contributed by atoms with E-state index in [-0.39, 0.29) is 0 Å². The number of aliphatic imine (C=N–C) groups is 1. The van der Waals surface area contributed by atoms with E-state index < -0.39 is 0 Å². The Morgan fingerprint density at radius 1 is 1.25 bits per heavy atom. The van der Waals surface area contributed by atoms with Gasteiger partial charge < -0.3 is 24.8 Å². The molecular weight excluding hydrogens is 306 g/mol. The van der Waals surface area contributed by atoms with Crippen molar-refractivity contribution in [3.63, 3.8) is 0 Å². The van der Waals surface area contributed by atoms with Crippen LogP contribution in [0, 0.1) is 5.92 Å². The van der Waals surface area contributed by atoms with E-state index in [2.05, 4.69) is 42.5 Å². The first kappa shape index (κ1) is 18.4. The van der Waals surface area contributed by atoms with Crippen LogP contribution in [0.1, 0.15) is 26.3 Å². The molecule has 6 nitrogen and oxygen atoms in total. The minimum Gasteiger partial charge on any atom is -0.454 e. The lowest BCUT2D eigenvalue weighted by molar-refractivity contribution is 0.117. The molecule has 1 aliphatic heterocycles. The number of hydrogen-bond acceptors (Lipinski definition) is 4. The summed E-state index contributed by atoms with van der Waals surface area (Å²) >= 11 is 0. The Balaban J connectivity index is 1.72. The zero-order chi connectivity index (χ0) is 17.2. The van der Waals surface area contributed by atoms with E-state index in [0.29, 0.717) is 25.9 Å². The number of fused-ring (bicyclic) bond motifs is 1. The zero-order valence-electron chi connectivity index (χ0n) is 14.9. The van der Waals surface area contributed by atoms with Crippen molar-refractivity contribution in [2.45, 2.75) is 27.2 Å². The van der Waals surface area contributed by atoms with Crippen LogP contribution in [0.2, 0.25) is 0 Å². The lowest BCUT2D eigenvalue weighted by Crippen LogP contribution is -2.38. The molecule has 0 spiro atoms. The number of guanidine groups is 1. The molecule has 1 aromatic rings. The lowest BCUT2D eigenvalue weighted by Gasteiger charge is -2.12. The highest BCUT2D eigenvalue weighted by Crippen LogP contribution is 2.32. The van der Waals surface area contributed by atoms with Gasteiger partial charge in [0.1, 0.15) is 0 Å². The van der Waals surface area contributed by atoms with E-state index in [1.165, 1.54) is 5.56 Å². The normalized spacial score (nSPS) is 13.4. The van der Waals surface area contributed by atoms with Gasteiger partial charge in [-0.2, -0.15) is 0 Å². The molecule has 0 bridgehead atoms. The molecule has 0 unspecified atom stereocenters. The van der Waals surface area contributed by atoms with Gasteiger partial charge in [0.25, 0.3) is 0 Å². The van der Waals surface area contributed by atoms with Crippen LogP contribution in [-0.2, 0) is 11.2 Å². The van der Waals surface area contributed by atoms with Crippen LogP contribution in [0.5, 0.6) is 11.5 Å². The van der Waals surface area contributed by atoms with Gasteiger partial charge in [0.15, 0.2) is 17.5 Å². The van der Waals surface area contributed by atoms with Gasteiger partial charge in [-0.15, -0.1) is 0 Å². The van der Waals surface area contributed by atoms with E-state index in [1.54, 1.807) is 0 Å². The minimum atomic E-state index is 0.313. The Kier molecular flexibility index (Phi) is 7.68. The molecule has 0 fully saturated rings. The van der Waals surface area contributed by atoms with Crippen LogP contribution >= 0.6 is 0 Å². The standard InChI is InChI=1S/C18H29N3O3/c1-4-19-18(21-9-10-22-12-14(2)3)20-8-7-15-5-6-16-17(11-15)24-13-23-16/h5-6,11,14H,4,7-10,12-13H2,1-3H3,(H2,19,20,21). The topological polar surface area (TPSA) is 64.1 Å². The third kappa shape index (κ3) is 6.28. The Labute approximate surface area is 144 Å². The predicted molar refractivity (Wildman–Crippen MR) is 95.9 cm³/mol. The second-order valence-corrected chi connectivity index (χ2v) is 6.09. The molecule has 134 valence electrons. The van der Waals surface area contributed by atoms with Gasteiger partial charge in [-0.25, -0.2) is 0 Å². The van der Waals surface area contributed by atoms with Gasteiger partial charge in [0, 0.05) is 19.7 Å². The van der Waals surface area contributed by atoms with Crippen molar-refractivity contribution >= 4 is 5.96 Å². The molecule has 0 radical (unpaired) electrons.